The highest BCUT2D eigenvalue weighted by Crippen LogP contribution is 2.67. The molecule has 5 heteroatoms. The molecule has 1 aromatic rings. The lowest BCUT2D eigenvalue weighted by Gasteiger charge is -2.60. The average molecular weight is 426 g/mol. The van der Waals surface area contributed by atoms with Crippen molar-refractivity contribution in [3.8, 4) is 0 Å². The summed E-state index contributed by atoms with van der Waals surface area (Å²) in [6.45, 7) is 9.55. The molecule has 0 spiro atoms. The molecule has 0 unspecified atom stereocenters. The Morgan fingerprint density at radius 3 is 2.90 bits per heavy atom. The molecule has 1 N–H and O–H groups in total. The third-order valence-corrected chi connectivity index (χ3v) is 10.2. The zero-order chi connectivity index (χ0) is 21.1. The van der Waals surface area contributed by atoms with Crippen LogP contribution in [0.25, 0.3) is 0 Å². The van der Waals surface area contributed by atoms with E-state index >= 15 is 0 Å². The number of likely N-dealkylation sites (N-methyl/N-ethyl adjacent to an activating group) is 1. The molecule has 4 aliphatic rings. The van der Waals surface area contributed by atoms with Gasteiger partial charge in [0, 0.05) is 36.3 Å². The van der Waals surface area contributed by atoms with Crippen molar-refractivity contribution in [1.82, 2.24) is 9.88 Å². The van der Waals surface area contributed by atoms with E-state index in [1.807, 2.05) is 24.1 Å². The van der Waals surface area contributed by atoms with E-state index in [9.17, 15) is 4.79 Å². The first-order valence-electron chi connectivity index (χ1n) is 11.6. The number of nitrogens with one attached hydrogen (secondary N) is 1. The lowest BCUT2D eigenvalue weighted by molar-refractivity contribution is -0.138. The van der Waals surface area contributed by atoms with Crippen molar-refractivity contribution in [2.45, 2.75) is 64.3 Å². The number of thiazole rings is 1. The molecule has 3 fully saturated rings. The number of hydrogen-bond acceptors (Lipinski definition) is 4. The normalized spacial score (nSPS) is 42.4. The second-order valence-corrected chi connectivity index (χ2v) is 11.4. The standard InChI is InChI=1S/C25H35N3OS/c1-5-14-26-23-27-20(15-30-23)19-8-7-17-16-6-9-21-25(3,13-11-22(29)28(21)4)18(16)10-12-24(17,19)2/h5,11,13,15-19,21H,1,6-10,12,14H2,2-4H3,(H,26,27)/t16-,17-,18-,19+,21+,24-,25+/m0/s1. The lowest BCUT2D eigenvalue weighted by Crippen LogP contribution is -2.59. The molecule has 0 bridgehead atoms. The highest BCUT2D eigenvalue weighted by Gasteiger charge is 2.60. The van der Waals surface area contributed by atoms with Crippen LogP contribution in [0.1, 0.15) is 64.0 Å². The van der Waals surface area contributed by atoms with Crippen LogP contribution in [-0.2, 0) is 4.79 Å². The summed E-state index contributed by atoms with van der Waals surface area (Å²) in [5.41, 5.74) is 1.79. The van der Waals surface area contributed by atoms with Gasteiger partial charge in [-0.2, -0.15) is 0 Å². The molecular formula is C25H35N3OS. The number of amides is 1. The van der Waals surface area contributed by atoms with E-state index in [0.717, 1.165) is 29.9 Å². The van der Waals surface area contributed by atoms with Crippen molar-refractivity contribution in [2.24, 2.45) is 28.6 Å². The topological polar surface area (TPSA) is 45.2 Å². The molecular weight excluding hydrogens is 390 g/mol. The molecule has 0 radical (unpaired) electrons. The van der Waals surface area contributed by atoms with E-state index < -0.39 is 0 Å². The molecule has 1 aromatic heterocycles. The minimum atomic E-state index is 0.132. The fourth-order valence-corrected chi connectivity index (χ4v) is 8.69. The molecule has 30 heavy (non-hydrogen) atoms. The molecule has 4 nitrogen and oxygen atoms in total. The molecule has 1 aliphatic heterocycles. The number of rotatable bonds is 4. The summed E-state index contributed by atoms with van der Waals surface area (Å²) < 4.78 is 0. The Morgan fingerprint density at radius 1 is 1.27 bits per heavy atom. The maximum atomic E-state index is 12.3. The first-order valence-corrected chi connectivity index (χ1v) is 12.5. The predicted octanol–water partition coefficient (Wildman–Crippen LogP) is 5.46. The van der Waals surface area contributed by atoms with E-state index in [4.69, 9.17) is 4.98 Å². The van der Waals surface area contributed by atoms with Crippen molar-refractivity contribution < 1.29 is 4.79 Å². The molecule has 5 rings (SSSR count). The molecule has 7 atom stereocenters. The van der Waals surface area contributed by atoms with Crippen molar-refractivity contribution >= 4 is 22.4 Å². The predicted molar refractivity (Wildman–Crippen MR) is 124 cm³/mol. The number of anilines is 1. The highest BCUT2D eigenvalue weighted by atomic mass is 32.1. The Labute approximate surface area is 184 Å². The second kappa shape index (κ2) is 7.22. The van der Waals surface area contributed by atoms with E-state index in [1.165, 1.54) is 37.8 Å². The van der Waals surface area contributed by atoms with Crippen molar-refractivity contribution in [1.29, 1.82) is 0 Å². The van der Waals surface area contributed by atoms with Crippen molar-refractivity contribution in [2.75, 3.05) is 18.9 Å². The van der Waals surface area contributed by atoms with Crippen LogP contribution >= 0.6 is 11.3 Å². The van der Waals surface area contributed by atoms with Gasteiger partial charge < -0.3 is 10.2 Å². The van der Waals surface area contributed by atoms with Crippen LogP contribution in [0.3, 0.4) is 0 Å². The van der Waals surface area contributed by atoms with E-state index in [2.05, 4.69) is 37.2 Å². The number of nitrogens with zero attached hydrogens (tertiary/aromatic N) is 2. The van der Waals surface area contributed by atoms with Gasteiger partial charge in [-0.1, -0.05) is 26.0 Å². The first kappa shape index (κ1) is 20.3. The largest absolute Gasteiger partial charge is 0.358 e. The number of fused-ring (bicyclic) bond motifs is 5. The summed E-state index contributed by atoms with van der Waals surface area (Å²) in [6.07, 6.45) is 13.6. The van der Waals surface area contributed by atoms with Gasteiger partial charge >= 0.3 is 0 Å². The number of hydrogen-bond donors (Lipinski definition) is 1. The Morgan fingerprint density at radius 2 is 2.10 bits per heavy atom. The summed E-state index contributed by atoms with van der Waals surface area (Å²) in [5, 5.41) is 6.68. The summed E-state index contributed by atoms with van der Waals surface area (Å²) in [4.78, 5) is 19.3. The lowest BCUT2D eigenvalue weighted by atomic mass is 9.47. The first-order chi connectivity index (χ1) is 14.4. The quantitative estimate of drug-likeness (QED) is 0.651. The van der Waals surface area contributed by atoms with Crippen molar-refractivity contribution in [3.63, 3.8) is 0 Å². The molecule has 162 valence electrons. The summed E-state index contributed by atoms with van der Waals surface area (Å²) >= 11 is 1.74. The van der Waals surface area contributed by atoms with Gasteiger partial charge in [0.1, 0.15) is 0 Å². The minimum Gasteiger partial charge on any atom is -0.358 e. The molecule has 3 aliphatic carbocycles. The van der Waals surface area contributed by atoms with Gasteiger partial charge in [-0.15, -0.1) is 17.9 Å². The zero-order valence-corrected chi connectivity index (χ0v) is 19.4. The van der Waals surface area contributed by atoms with E-state index in [0.29, 0.717) is 23.3 Å². The molecule has 3 saturated carbocycles. The smallest absolute Gasteiger partial charge is 0.246 e. The molecule has 0 aromatic carbocycles. The SMILES string of the molecule is C=CCNc1nc([C@H]2CC[C@H]3[C@@H]4CC[C@H]5N(C)C(=O)C=C[C@]5(C)[C@H]4CC[C@]23C)cs1. The Kier molecular flexibility index (Phi) is 4.88. The van der Waals surface area contributed by atoms with Gasteiger partial charge in [-0.3, -0.25) is 4.79 Å². The number of aromatic nitrogens is 1. The van der Waals surface area contributed by atoms with Gasteiger partial charge in [-0.25, -0.2) is 4.98 Å². The average Bonchev–Trinajstić information content (AvgIpc) is 3.33. The van der Waals surface area contributed by atoms with Crippen LogP contribution in [0, 0.1) is 28.6 Å². The Bertz CT molecular complexity index is 877. The van der Waals surface area contributed by atoms with Crippen molar-refractivity contribution in [3.05, 3.63) is 35.9 Å². The maximum absolute atomic E-state index is 12.3. The van der Waals surface area contributed by atoms with Gasteiger partial charge in [-0.05, 0) is 67.8 Å². The highest BCUT2D eigenvalue weighted by molar-refractivity contribution is 7.13. The van der Waals surface area contributed by atoms with Crippen LogP contribution in [0.5, 0.6) is 0 Å². The Balaban J connectivity index is 1.40. The van der Waals surface area contributed by atoms with Crippen LogP contribution in [0.4, 0.5) is 5.13 Å². The summed E-state index contributed by atoms with van der Waals surface area (Å²) in [6, 6.07) is 0.370. The van der Waals surface area contributed by atoms with Crippen LogP contribution in [-0.4, -0.2) is 35.4 Å². The fraction of sp³-hybridized carbons (Fsp3) is 0.680. The third kappa shape index (κ3) is 2.84. The monoisotopic (exact) mass is 425 g/mol. The van der Waals surface area contributed by atoms with E-state index in [-0.39, 0.29) is 11.3 Å². The van der Waals surface area contributed by atoms with Gasteiger partial charge in [0.05, 0.1) is 5.69 Å². The third-order valence-electron chi connectivity index (χ3n) is 9.40. The van der Waals surface area contributed by atoms with Gasteiger partial charge in [0.25, 0.3) is 0 Å². The minimum absolute atomic E-state index is 0.132. The van der Waals surface area contributed by atoms with Gasteiger partial charge in [0.2, 0.25) is 5.91 Å². The summed E-state index contributed by atoms with van der Waals surface area (Å²) in [7, 11) is 2.01. The Hall–Kier alpha value is -1.62. The fourth-order valence-electron chi connectivity index (χ4n) is 7.91. The molecule has 2 heterocycles. The zero-order valence-electron chi connectivity index (χ0n) is 18.6. The molecule has 0 saturated heterocycles. The molecule has 1 amide bonds. The number of carbonyl (C=O) groups is 1. The summed E-state index contributed by atoms with van der Waals surface area (Å²) in [5.74, 6) is 3.01. The second-order valence-electron chi connectivity index (χ2n) is 10.5. The van der Waals surface area contributed by atoms with Crippen LogP contribution in [0.15, 0.2) is 30.2 Å². The van der Waals surface area contributed by atoms with Crippen LogP contribution < -0.4 is 5.32 Å². The van der Waals surface area contributed by atoms with Crippen LogP contribution in [0.2, 0.25) is 0 Å². The van der Waals surface area contributed by atoms with Gasteiger partial charge in [0.15, 0.2) is 5.13 Å². The maximum Gasteiger partial charge on any atom is 0.246 e. The number of carbonyl (C=O) groups excluding carboxylic acids is 1. The van der Waals surface area contributed by atoms with E-state index in [1.54, 1.807) is 11.3 Å².